The van der Waals surface area contributed by atoms with Gasteiger partial charge in [0.25, 0.3) is 0 Å². The van der Waals surface area contributed by atoms with E-state index < -0.39 is 0 Å². The van der Waals surface area contributed by atoms with Crippen molar-refractivity contribution in [2.75, 3.05) is 12.3 Å². The molecular formula is C16H22N2OS2. The fourth-order valence-electron chi connectivity index (χ4n) is 1.83. The maximum absolute atomic E-state index is 11.7. The van der Waals surface area contributed by atoms with Gasteiger partial charge in [-0.05, 0) is 18.6 Å². The lowest BCUT2D eigenvalue weighted by Crippen LogP contribution is -2.28. The molecule has 21 heavy (non-hydrogen) atoms. The molecule has 0 bridgehead atoms. The van der Waals surface area contributed by atoms with Crippen LogP contribution in [0.4, 0.5) is 0 Å². The highest BCUT2D eigenvalue weighted by Crippen LogP contribution is 2.23. The summed E-state index contributed by atoms with van der Waals surface area (Å²) in [6, 6.07) is 8.19. The van der Waals surface area contributed by atoms with Crippen molar-refractivity contribution in [1.82, 2.24) is 10.3 Å². The molecule has 0 saturated heterocycles. The molecule has 0 fully saturated rings. The summed E-state index contributed by atoms with van der Waals surface area (Å²) in [4.78, 5) is 16.3. The number of amides is 1. The van der Waals surface area contributed by atoms with Gasteiger partial charge in [0.1, 0.15) is 0 Å². The minimum Gasteiger partial charge on any atom is -0.355 e. The van der Waals surface area contributed by atoms with Crippen LogP contribution >= 0.6 is 23.1 Å². The summed E-state index contributed by atoms with van der Waals surface area (Å²) in [5, 5.41) is 4.12. The normalized spacial score (nSPS) is 11.8. The van der Waals surface area contributed by atoms with E-state index in [0.717, 1.165) is 29.9 Å². The molecule has 1 aromatic carbocycles. The molecule has 1 N–H and O–H groups in total. The Kier molecular flexibility index (Phi) is 5.65. The van der Waals surface area contributed by atoms with E-state index >= 15 is 0 Å². The van der Waals surface area contributed by atoms with Gasteiger partial charge >= 0.3 is 0 Å². The van der Waals surface area contributed by atoms with Gasteiger partial charge < -0.3 is 5.32 Å². The van der Waals surface area contributed by atoms with Gasteiger partial charge in [-0.2, -0.15) is 0 Å². The molecule has 0 saturated carbocycles. The van der Waals surface area contributed by atoms with Crippen LogP contribution in [-0.4, -0.2) is 27.9 Å². The number of aryl methyl sites for hydroxylation is 1. The van der Waals surface area contributed by atoms with E-state index in [-0.39, 0.29) is 10.7 Å². The quantitative estimate of drug-likeness (QED) is 0.821. The lowest BCUT2D eigenvalue weighted by atomic mass is 10.3. The molecule has 0 aliphatic carbocycles. The molecule has 0 unspecified atom stereocenters. The Balaban J connectivity index is 1.68. The van der Waals surface area contributed by atoms with Crippen molar-refractivity contribution in [3.05, 3.63) is 29.3 Å². The van der Waals surface area contributed by atoms with Crippen molar-refractivity contribution < 1.29 is 4.79 Å². The molecule has 0 atom stereocenters. The van der Waals surface area contributed by atoms with Crippen LogP contribution < -0.4 is 5.32 Å². The molecule has 114 valence electrons. The number of fused-ring (bicyclic) bond motifs is 1. The van der Waals surface area contributed by atoms with Crippen LogP contribution in [0.1, 0.15) is 32.2 Å². The summed E-state index contributed by atoms with van der Waals surface area (Å²) >= 11 is 3.42. The third-order valence-corrected chi connectivity index (χ3v) is 5.23. The third kappa shape index (κ3) is 5.67. The van der Waals surface area contributed by atoms with Gasteiger partial charge in [-0.15, -0.1) is 23.1 Å². The highest BCUT2D eigenvalue weighted by atomic mass is 32.2. The number of benzene rings is 1. The van der Waals surface area contributed by atoms with E-state index in [1.54, 1.807) is 23.1 Å². The van der Waals surface area contributed by atoms with E-state index in [2.05, 4.69) is 37.1 Å². The predicted molar refractivity (Wildman–Crippen MR) is 93.2 cm³/mol. The molecule has 2 aromatic rings. The highest BCUT2D eigenvalue weighted by molar-refractivity contribution is 8.01. The van der Waals surface area contributed by atoms with E-state index in [0.29, 0.717) is 5.75 Å². The second kappa shape index (κ2) is 7.27. The fourth-order valence-corrected chi connectivity index (χ4v) is 3.50. The Morgan fingerprint density at radius 3 is 2.81 bits per heavy atom. The number of carbonyl (C=O) groups excluding carboxylic acids is 1. The lowest BCUT2D eigenvalue weighted by molar-refractivity contribution is -0.118. The maximum atomic E-state index is 11.7. The number of nitrogens with zero attached hydrogens (tertiary/aromatic N) is 1. The molecule has 0 radical (unpaired) electrons. The van der Waals surface area contributed by atoms with Crippen LogP contribution in [0.2, 0.25) is 0 Å². The fraction of sp³-hybridized carbons (Fsp3) is 0.500. The molecule has 3 nitrogen and oxygen atoms in total. The Labute approximate surface area is 134 Å². The molecule has 0 aliphatic heterocycles. The molecule has 5 heteroatoms. The van der Waals surface area contributed by atoms with E-state index in [4.69, 9.17) is 0 Å². The van der Waals surface area contributed by atoms with Crippen molar-refractivity contribution >= 4 is 39.2 Å². The topological polar surface area (TPSA) is 42.0 Å². The molecule has 1 aromatic heterocycles. The monoisotopic (exact) mass is 322 g/mol. The number of carbonyl (C=O) groups is 1. The summed E-state index contributed by atoms with van der Waals surface area (Å²) in [6.45, 7) is 7.09. The number of aromatic nitrogens is 1. The molecular weight excluding hydrogens is 300 g/mol. The predicted octanol–water partition coefficient (Wildman–Crippen LogP) is 3.88. The van der Waals surface area contributed by atoms with Crippen LogP contribution in [0.5, 0.6) is 0 Å². The van der Waals surface area contributed by atoms with E-state index in [9.17, 15) is 4.79 Å². The van der Waals surface area contributed by atoms with Crippen LogP contribution in [-0.2, 0) is 11.2 Å². The Morgan fingerprint density at radius 2 is 2.10 bits per heavy atom. The number of para-hydroxylation sites is 1. The molecule has 2 rings (SSSR count). The van der Waals surface area contributed by atoms with Gasteiger partial charge in [-0.3, -0.25) is 4.79 Å². The van der Waals surface area contributed by atoms with Gasteiger partial charge in [0, 0.05) is 17.7 Å². The van der Waals surface area contributed by atoms with Crippen molar-refractivity contribution in [1.29, 1.82) is 0 Å². The van der Waals surface area contributed by atoms with Crippen molar-refractivity contribution in [2.24, 2.45) is 0 Å². The summed E-state index contributed by atoms with van der Waals surface area (Å²) in [5.41, 5.74) is 1.07. The highest BCUT2D eigenvalue weighted by Gasteiger charge is 2.13. The second-order valence-electron chi connectivity index (χ2n) is 5.93. The first kappa shape index (κ1) is 16.3. The molecule has 1 heterocycles. The van der Waals surface area contributed by atoms with Gasteiger partial charge in [0.15, 0.2) is 0 Å². The summed E-state index contributed by atoms with van der Waals surface area (Å²) in [5.74, 6) is 0.657. The molecule has 0 spiro atoms. The number of thiazole rings is 1. The van der Waals surface area contributed by atoms with E-state index in [1.165, 1.54) is 4.70 Å². The van der Waals surface area contributed by atoms with Crippen LogP contribution in [0.25, 0.3) is 10.2 Å². The van der Waals surface area contributed by atoms with Crippen molar-refractivity contribution in [3.8, 4) is 0 Å². The molecule has 1 amide bonds. The minimum absolute atomic E-state index is 0.124. The first-order valence-electron chi connectivity index (χ1n) is 7.19. The largest absolute Gasteiger partial charge is 0.355 e. The number of hydrogen-bond acceptors (Lipinski definition) is 4. The van der Waals surface area contributed by atoms with Gasteiger partial charge in [-0.25, -0.2) is 4.98 Å². The number of nitrogens with one attached hydrogen (secondary N) is 1. The summed E-state index contributed by atoms with van der Waals surface area (Å²) in [6.07, 6.45) is 1.86. The molecule has 0 aliphatic rings. The summed E-state index contributed by atoms with van der Waals surface area (Å²) < 4.78 is 1.37. The third-order valence-electron chi connectivity index (χ3n) is 2.86. The SMILES string of the molecule is CC(C)(C)SCC(=O)NCCCc1nc2ccccc2s1. The zero-order chi connectivity index (χ0) is 15.3. The average Bonchev–Trinajstić information content (AvgIpc) is 2.83. The van der Waals surface area contributed by atoms with Crippen molar-refractivity contribution in [3.63, 3.8) is 0 Å². The smallest absolute Gasteiger partial charge is 0.230 e. The number of thioether (sulfide) groups is 1. The first-order chi connectivity index (χ1) is 9.94. The zero-order valence-electron chi connectivity index (χ0n) is 12.8. The zero-order valence-corrected chi connectivity index (χ0v) is 14.4. The Hall–Kier alpha value is -1.07. The van der Waals surface area contributed by atoms with Crippen LogP contribution in [0.15, 0.2) is 24.3 Å². The summed E-state index contributed by atoms with van der Waals surface area (Å²) in [7, 11) is 0. The van der Waals surface area contributed by atoms with E-state index in [1.807, 2.05) is 18.2 Å². The number of hydrogen-bond donors (Lipinski definition) is 1. The van der Waals surface area contributed by atoms with Crippen LogP contribution in [0.3, 0.4) is 0 Å². The Bertz CT molecular complexity index is 569. The minimum atomic E-state index is 0.124. The average molecular weight is 322 g/mol. The first-order valence-corrected chi connectivity index (χ1v) is 8.99. The maximum Gasteiger partial charge on any atom is 0.230 e. The standard InChI is InChI=1S/C16H22N2OS2/c1-16(2,3)20-11-14(19)17-10-6-9-15-18-12-7-4-5-8-13(12)21-15/h4-5,7-8H,6,9-11H2,1-3H3,(H,17,19). The Morgan fingerprint density at radius 1 is 1.33 bits per heavy atom. The lowest BCUT2D eigenvalue weighted by Gasteiger charge is -2.16. The van der Waals surface area contributed by atoms with Crippen LogP contribution in [0, 0.1) is 0 Å². The second-order valence-corrected chi connectivity index (χ2v) is 8.85. The van der Waals surface area contributed by atoms with Gasteiger partial charge in [-0.1, -0.05) is 32.9 Å². The van der Waals surface area contributed by atoms with Gasteiger partial charge in [0.05, 0.1) is 21.0 Å². The number of rotatable bonds is 6. The van der Waals surface area contributed by atoms with Crippen molar-refractivity contribution in [2.45, 2.75) is 38.4 Å². The van der Waals surface area contributed by atoms with Gasteiger partial charge in [0.2, 0.25) is 5.91 Å².